The van der Waals surface area contributed by atoms with Gasteiger partial charge in [0.1, 0.15) is 0 Å². The first kappa shape index (κ1) is 19.9. The van der Waals surface area contributed by atoms with Crippen LogP contribution in [0.5, 0.6) is 0 Å². The minimum Gasteiger partial charge on any atom is -0.451 e. The molecule has 1 aliphatic rings. The molecule has 0 spiro atoms. The fraction of sp³-hybridized carbons (Fsp3) is 0.292. The smallest absolute Gasteiger partial charge is 0.359 e. The van der Waals surface area contributed by atoms with E-state index in [4.69, 9.17) is 4.74 Å². The number of nitrogens with zero attached hydrogens (tertiary/aromatic N) is 3. The zero-order valence-corrected chi connectivity index (χ0v) is 17.3. The van der Waals surface area contributed by atoms with Crippen molar-refractivity contribution in [3.8, 4) is 5.69 Å². The predicted octanol–water partition coefficient (Wildman–Crippen LogP) is 3.88. The molecule has 1 aromatic heterocycles. The zero-order valence-electron chi connectivity index (χ0n) is 17.3. The van der Waals surface area contributed by atoms with Crippen LogP contribution in [-0.2, 0) is 22.4 Å². The molecular formula is C24H25N3O3. The summed E-state index contributed by atoms with van der Waals surface area (Å²) in [5.41, 5.74) is 5.18. The first-order chi connectivity index (χ1) is 14.6. The van der Waals surface area contributed by atoms with Crippen LogP contribution in [0.15, 0.2) is 54.6 Å². The molecule has 3 aromatic rings. The van der Waals surface area contributed by atoms with E-state index in [0.717, 1.165) is 41.9 Å². The summed E-state index contributed by atoms with van der Waals surface area (Å²) in [5, 5.41) is 4.55. The summed E-state index contributed by atoms with van der Waals surface area (Å²) in [6, 6.07) is 17.4. The molecule has 6 heteroatoms. The number of likely N-dealkylation sites (N-methyl/N-ethyl adjacent to an activating group) is 1. The Hall–Kier alpha value is -3.41. The second-order valence-corrected chi connectivity index (χ2v) is 7.42. The van der Waals surface area contributed by atoms with Crippen LogP contribution < -0.4 is 4.90 Å². The average Bonchev–Trinajstić information content (AvgIpc) is 3.37. The van der Waals surface area contributed by atoms with Gasteiger partial charge in [-0.05, 0) is 57.4 Å². The quantitative estimate of drug-likeness (QED) is 0.586. The Morgan fingerprint density at radius 1 is 1.07 bits per heavy atom. The van der Waals surface area contributed by atoms with Crippen molar-refractivity contribution in [2.45, 2.75) is 33.1 Å². The molecule has 1 amide bonds. The lowest BCUT2D eigenvalue weighted by atomic mass is 10.2. The van der Waals surface area contributed by atoms with E-state index < -0.39 is 5.97 Å². The van der Waals surface area contributed by atoms with Crippen LogP contribution in [0.25, 0.3) is 5.69 Å². The maximum atomic E-state index is 12.8. The molecule has 0 radical (unpaired) electrons. The van der Waals surface area contributed by atoms with Gasteiger partial charge in [-0.3, -0.25) is 4.79 Å². The summed E-state index contributed by atoms with van der Waals surface area (Å²) in [6.07, 6.45) is 2.65. The highest BCUT2D eigenvalue weighted by molar-refractivity contribution is 5.97. The molecule has 0 fully saturated rings. The lowest BCUT2D eigenvalue weighted by molar-refractivity contribution is -0.121. The van der Waals surface area contributed by atoms with Gasteiger partial charge in [-0.1, -0.05) is 35.9 Å². The Morgan fingerprint density at radius 2 is 1.80 bits per heavy atom. The molecule has 0 atom stereocenters. The van der Waals surface area contributed by atoms with Gasteiger partial charge in [0.25, 0.3) is 5.91 Å². The van der Waals surface area contributed by atoms with Crippen LogP contribution in [0.3, 0.4) is 0 Å². The number of aromatic nitrogens is 2. The molecule has 1 heterocycles. The fourth-order valence-corrected chi connectivity index (χ4v) is 3.89. The first-order valence-corrected chi connectivity index (χ1v) is 10.3. The number of para-hydroxylation sites is 1. The largest absolute Gasteiger partial charge is 0.451 e. The number of carbonyl (C=O) groups is 2. The Labute approximate surface area is 176 Å². The predicted molar refractivity (Wildman–Crippen MR) is 115 cm³/mol. The molecular weight excluding hydrogens is 378 g/mol. The van der Waals surface area contributed by atoms with E-state index in [1.807, 2.05) is 73.1 Å². The van der Waals surface area contributed by atoms with Crippen LogP contribution in [0.4, 0.5) is 5.69 Å². The van der Waals surface area contributed by atoms with Gasteiger partial charge in [-0.25, -0.2) is 9.48 Å². The van der Waals surface area contributed by atoms with Gasteiger partial charge in [0.2, 0.25) is 0 Å². The number of hydrogen-bond acceptors (Lipinski definition) is 4. The third-order valence-corrected chi connectivity index (χ3v) is 5.41. The highest BCUT2D eigenvalue weighted by atomic mass is 16.5. The molecule has 0 unspecified atom stereocenters. The van der Waals surface area contributed by atoms with E-state index in [9.17, 15) is 9.59 Å². The second-order valence-electron chi connectivity index (χ2n) is 7.42. The van der Waals surface area contributed by atoms with Gasteiger partial charge in [0.05, 0.1) is 5.69 Å². The van der Waals surface area contributed by atoms with E-state index in [-0.39, 0.29) is 12.5 Å². The zero-order chi connectivity index (χ0) is 21.1. The molecule has 30 heavy (non-hydrogen) atoms. The molecule has 0 aliphatic heterocycles. The van der Waals surface area contributed by atoms with Gasteiger partial charge >= 0.3 is 5.97 Å². The van der Waals surface area contributed by atoms with Crippen molar-refractivity contribution in [1.29, 1.82) is 0 Å². The number of fused-ring (bicyclic) bond motifs is 1. The maximum Gasteiger partial charge on any atom is 0.359 e. The van der Waals surface area contributed by atoms with E-state index in [1.165, 1.54) is 5.56 Å². The summed E-state index contributed by atoms with van der Waals surface area (Å²) in [4.78, 5) is 27.0. The van der Waals surface area contributed by atoms with Crippen LogP contribution in [0.2, 0.25) is 0 Å². The molecule has 154 valence electrons. The molecule has 0 bridgehead atoms. The number of aryl methyl sites for hydroxylation is 1. The number of anilines is 1. The van der Waals surface area contributed by atoms with Crippen LogP contribution in [-0.4, -0.2) is 34.8 Å². The number of esters is 1. The Balaban J connectivity index is 1.51. The monoisotopic (exact) mass is 403 g/mol. The minimum absolute atomic E-state index is 0.258. The first-order valence-electron chi connectivity index (χ1n) is 10.3. The van der Waals surface area contributed by atoms with Crippen molar-refractivity contribution in [2.75, 3.05) is 18.1 Å². The van der Waals surface area contributed by atoms with Crippen LogP contribution in [0, 0.1) is 6.92 Å². The maximum absolute atomic E-state index is 12.8. The fourth-order valence-electron chi connectivity index (χ4n) is 3.89. The lowest BCUT2D eigenvalue weighted by Crippen LogP contribution is -2.34. The van der Waals surface area contributed by atoms with E-state index in [2.05, 4.69) is 5.10 Å². The SMILES string of the molecule is CCN(C(=O)COC(=O)c1nn(-c2ccc(C)cc2)c2c1CCC2)c1ccccc1. The van der Waals surface area contributed by atoms with E-state index in [0.29, 0.717) is 12.2 Å². The number of hydrogen-bond donors (Lipinski definition) is 0. The molecule has 0 saturated heterocycles. The van der Waals surface area contributed by atoms with Crippen LogP contribution >= 0.6 is 0 Å². The number of carbonyl (C=O) groups excluding carboxylic acids is 2. The van der Waals surface area contributed by atoms with Crippen LogP contribution in [0.1, 0.15) is 40.7 Å². The lowest BCUT2D eigenvalue weighted by Gasteiger charge is -2.20. The van der Waals surface area contributed by atoms with Gasteiger partial charge in [0, 0.05) is 23.5 Å². The second kappa shape index (κ2) is 8.53. The minimum atomic E-state index is -0.545. The van der Waals surface area contributed by atoms with Gasteiger partial charge in [-0.2, -0.15) is 5.10 Å². The molecule has 2 aromatic carbocycles. The topological polar surface area (TPSA) is 64.4 Å². The van der Waals surface area contributed by atoms with Crippen molar-refractivity contribution in [3.63, 3.8) is 0 Å². The molecule has 4 rings (SSSR count). The van der Waals surface area contributed by atoms with Crippen molar-refractivity contribution in [2.24, 2.45) is 0 Å². The van der Waals surface area contributed by atoms with Crippen molar-refractivity contribution in [3.05, 3.63) is 77.1 Å². The molecule has 1 aliphatic carbocycles. The van der Waals surface area contributed by atoms with Gasteiger partial charge in [-0.15, -0.1) is 0 Å². The number of ether oxygens (including phenoxy) is 1. The van der Waals surface area contributed by atoms with Crippen molar-refractivity contribution in [1.82, 2.24) is 9.78 Å². The molecule has 0 saturated carbocycles. The Bertz CT molecular complexity index is 1060. The summed E-state index contributed by atoms with van der Waals surface area (Å²) in [5.74, 6) is -0.803. The molecule has 0 N–H and O–H groups in total. The third kappa shape index (κ3) is 3.85. The summed E-state index contributed by atoms with van der Waals surface area (Å²) in [6.45, 7) is 4.11. The summed E-state index contributed by atoms with van der Waals surface area (Å²) < 4.78 is 7.22. The highest BCUT2D eigenvalue weighted by Crippen LogP contribution is 2.28. The van der Waals surface area contributed by atoms with E-state index in [1.54, 1.807) is 4.90 Å². The highest BCUT2D eigenvalue weighted by Gasteiger charge is 2.28. The number of rotatable bonds is 6. The normalized spacial score (nSPS) is 12.5. The standard InChI is InChI=1S/C24H25N3O3/c1-3-26(18-8-5-4-6-9-18)22(28)16-30-24(29)23-20-10-7-11-21(20)27(25-23)19-14-12-17(2)13-15-19/h4-6,8-9,12-15H,3,7,10-11,16H2,1-2H3. The summed E-state index contributed by atoms with van der Waals surface area (Å²) in [7, 11) is 0. The third-order valence-electron chi connectivity index (χ3n) is 5.41. The Morgan fingerprint density at radius 3 is 2.50 bits per heavy atom. The van der Waals surface area contributed by atoms with Crippen molar-refractivity contribution < 1.29 is 14.3 Å². The number of benzene rings is 2. The molecule has 6 nitrogen and oxygen atoms in total. The van der Waals surface area contributed by atoms with Gasteiger partial charge in [0.15, 0.2) is 12.3 Å². The summed E-state index contributed by atoms with van der Waals surface area (Å²) >= 11 is 0. The van der Waals surface area contributed by atoms with Crippen molar-refractivity contribution >= 4 is 17.6 Å². The average molecular weight is 403 g/mol. The Kier molecular flexibility index (Phi) is 5.65. The van der Waals surface area contributed by atoms with Gasteiger partial charge < -0.3 is 9.64 Å². The number of amides is 1. The van der Waals surface area contributed by atoms with E-state index >= 15 is 0 Å².